The Morgan fingerprint density at radius 3 is 2.59 bits per heavy atom. The maximum absolute atomic E-state index is 11.9. The van der Waals surface area contributed by atoms with Gasteiger partial charge in [-0.05, 0) is 42.7 Å². The molecule has 1 aliphatic heterocycles. The zero-order valence-electron chi connectivity index (χ0n) is 12.3. The molecule has 1 aromatic carbocycles. The molecule has 1 aromatic heterocycles. The first-order valence-electron chi connectivity index (χ1n) is 7.52. The van der Waals surface area contributed by atoms with E-state index in [1.165, 1.54) is 11.8 Å². The number of likely N-dealkylation sites (tertiary alicyclic amines) is 1. The van der Waals surface area contributed by atoms with Crippen molar-refractivity contribution in [2.75, 3.05) is 13.1 Å². The molecule has 1 fully saturated rings. The molecule has 1 aliphatic rings. The molecule has 0 unspecified atom stereocenters. The van der Waals surface area contributed by atoms with Gasteiger partial charge in [0.05, 0.1) is 6.26 Å². The highest BCUT2D eigenvalue weighted by Crippen LogP contribution is 2.16. The molecule has 5 heteroatoms. The highest BCUT2D eigenvalue weighted by atomic mass is 35.5. The molecule has 0 aliphatic carbocycles. The second-order valence-electron chi connectivity index (χ2n) is 5.63. The average Bonchev–Trinajstić information content (AvgIpc) is 3.06. The largest absolute Gasteiger partial charge is 0.459 e. The number of benzene rings is 1. The highest BCUT2D eigenvalue weighted by Gasteiger charge is 2.21. The summed E-state index contributed by atoms with van der Waals surface area (Å²) in [7, 11) is 0. The van der Waals surface area contributed by atoms with Gasteiger partial charge < -0.3 is 9.73 Å². The summed E-state index contributed by atoms with van der Waals surface area (Å²) in [4.78, 5) is 14.3. The number of carbonyl (C=O) groups is 1. The molecule has 22 heavy (non-hydrogen) atoms. The third kappa shape index (κ3) is 3.90. The Labute approximate surface area is 135 Å². The van der Waals surface area contributed by atoms with Crippen molar-refractivity contribution in [3.63, 3.8) is 0 Å². The first-order chi connectivity index (χ1) is 10.7. The lowest BCUT2D eigenvalue weighted by Gasteiger charge is -2.32. The summed E-state index contributed by atoms with van der Waals surface area (Å²) < 4.78 is 5.11. The summed E-state index contributed by atoms with van der Waals surface area (Å²) in [6.45, 7) is 2.88. The van der Waals surface area contributed by atoms with Crippen LogP contribution in [0.3, 0.4) is 0 Å². The zero-order valence-corrected chi connectivity index (χ0v) is 13.1. The van der Waals surface area contributed by atoms with Crippen LogP contribution in [-0.2, 0) is 6.54 Å². The number of hydrogen-bond donors (Lipinski definition) is 1. The minimum atomic E-state index is -0.124. The van der Waals surface area contributed by atoms with Crippen LogP contribution in [0.5, 0.6) is 0 Å². The lowest BCUT2D eigenvalue weighted by Crippen LogP contribution is -2.44. The smallest absolute Gasteiger partial charge is 0.287 e. The summed E-state index contributed by atoms with van der Waals surface area (Å²) in [6.07, 6.45) is 3.43. The lowest BCUT2D eigenvalue weighted by molar-refractivity contribution is 0.0881. The van der Waals surface area contributed by atoms with Crippen molar-refractivity contribution in [1.29, 1.82) is 0 Å². The normalized spacial score (nSPS) is 16.6. The fourth-order valence-electron chi connectivity index (χ4n) is 2.75. The molecule has 0 bridgehead atoms. The molecule has 2 aromatic rings. The van der Waals surface area contributed by atoms with Crippen LogP contribution in [-0.4, -0.2) is 29.9 Å². The van der Waals surface area contributed by atoms with E-state index in [-0.39, 0.29) is 11.9 Å². The Morgan fingerprint density at radius 2 is 1.95 bits per heavy atom. The fourth-order valence-corrected chi connectivity index (χ4v) is 2.87. The molecule has 0 atom stereocenters. The van der Waals surface area contributed by atoms with Gasteiger partial charge in [-0.2, -0.15) is 0 Å². The van der Waals surface area contributed by atoms with Crippen molar-refractivity contribution in [2.24, 2.45) is 0 Å². The van der Waals surface area contributed by atoms with Gasteiger partial charge in [0.25, 0.3) is 5.91 Å². The molecule has 1 N–H and O–H groups in total. The van der Waals surface area contributed by atoms with E-state index >= 15 is 0 Å². The standard InChI is InChI=1S/C17H19ClN2O2/c18-14-5-3-13(4-6-14)12-20-9-7-15(8-10-20)19-17(21)16-2-1-11-22-16/h1-6,11,15H,7-10,12H2,(H,19,21). The monoisotopic (exact) mass is 318 g/mol. The number of hydrogen-bond acceptors (Lipinski definition) is 3. The molecule has 0 saturated carbocycles. The summed E-state index contributed by atoms with van der Waals surface area (Å²) in [5.41, 5.74) is 1.27. The van der Waals surface area contributed by atoms with E-state index < -0.39 is 0 Å². The van der Waals surface area contributed by atoms with Crippen LogP contribution in [0.2, 0.25) is 5.02 Å². The Bertz CT molecular complexity index is 602. The first kappa shape index (κ1) is 15.1. The minimum absolute atomic E-state index is 0.124. The van der Waals surface area contributed by atoms with Crippen LogP contribution in [0.15, 0.2) is 47.1 Å². The molecular weight excluding hydrogens is 300 g/mol. The average molecular weight is 319 g/mol. The maximum atomic E-state index is 11.9. The van der Waals surface area contributed by atoms with E-state index in [0.29, 0.717) is 5.76 Å². The van der Waals surface area contributed by atoms with Gasteiger partial charge in [-0.25, -0.2) is 0 Å². The van der Waals surface area contributed by atoms with Crippen LogP contribution < -0.4 is 5.32 Å². The topological polar surface area (TPSA) is 45.5 Å². The van der Waals surface area contributed by atoms with Gasteiger partial charge in [0.15, 0.2) is 5.76 Å². The number of halogens is 1. The molecule has 0 spiro atoms. The summed E-state index contributed by atoms with van der Waals surface area (Å²) in [5, 5.41) is 3.80. The summed E-state index contributed by atoms with van der Waals surface area (Å²) in [6, 6.07) is 11.6. The number of amides is 1. The molecule has 1 amide bonds. The third-order valence-corrected chi connectivity index (χ3v) is 4.24. The van der Waals surface area contributed by atoms with E-state index in [1.54, 1.807) is 12.1 Å². The number of carbonyl (C=O) groups excluding carboxylic acids is 1. The van der Waals surface area contributed by atoms with Crippen LogP contribution in [0, 0.1) is 0 Å². The molecule has 116 valence electrons. The van der Waals surface area contributed by atoms with Gasteiger partial charge >= 0.3 is 0 Å². The van der Waals surface area contributed by atoms with Gasteiger partial charge in [0, 0.05) is 30.7 Å². The minimum Gasteiger partial charge on any atom is -0.459 e. The van der Waals surface area contributed by atoms with Gasteiger partial charge in [0.2, 0.25) is 0 Å². The number of nitrogens with zero attached hydrogens (tertiary/aromatic N) is 1. The van der Waals surface area contributed by atoms with Crippen molar-refractivity contribution < 1.29 is 9.21 Å². The van der Waals surface area contributed by atoms with E-state index in [9.17, 15) is 4.79 Å². The second kappa shape index (κ2) is 6.99. The Morgan fingerprint density at radius 1 is 1.23 bits per heavy atom. The quantitative estimate of drug-likeness (QED) is 0.940. The number of furan rings is 1. The second-order valence-corrected chi connectivity index (χ2v) is 6.06. The molecule has 0 radical (unpaired) electrons. The Kier molecular flexibility index (Phi) is 4.80. The third-order valence-electron chi connectivity index (χ3n) is 3.99. The van der Waals surface area contributed by atoms with Crippen molar-refractivity contribution in [3.8, 4) is 0 Å². The van der Waals surface area contributed by atoms with Crippen molar-refractivity contribution in [2.45, 2.75) is 25.4 Å². The summed E-state index contributed by atoms with van der Waals surface area (Å²) >= 11 is 5.90. The van der Waals surface area contributed by atoms with Gasteiger partial charge in [0.1, 0.15) is 0 Å². The van der Waals surface area contributed by atoms with E-state index in [4.69, 9.17) is 16.0 Å². The molecule has 3 rings (SSSR count). The lowest BCUT2D eigenvalue weighted by atomic mass is 10.0. The number of nitrogens with one attached hydrogen (secondary N) is 1. The molecular formula is C17H19ClN2O2. The van der Waals surface area contributed by atoms with Crippen LogP contribution in [0.4, 0.5) is 0 Å². The van der Waals surface area contributed by atoms with E-state index in [1.807, 2.05) is 12.1 Å². The van der Waals surface area contributed by atoms with Crippen molar-refractivity contribution >= 4 is 17.5 Å². The van der Waals surface area contributed by atoms with Gasteiger partial charge in [-0.3, -0.25) is 9.69 Å². The maximum Gasteiger partial charge on any atom is 0.287 e. The van der Waals surface area contributed by atoms with Gasteiger partial charge in [-0.1, -0.05) is 23.7 Å². The zero-order chi connectivity index (χ0) is 15.4. The predicted octanol–water partition coefficient (Wildman–Crippen LogP) is 3.33. The number of piperidine rings is 1. The Hall–Kier alpha value is -1.78. The van der Waals surface area contributed by atoms with Crippen molar-refractivity contribution in [1.82, 2.24) is 10.2 Å². The van der Waals surface area contributed by atoms with Crippen molar-refractivity contribution in [3.05, 3.63) is 59.0 Å². The van der Waals surface area contributed by atoms with Crippen LogP contribution in [0.1, 0.15) is 29.0 Å². The van der Waals surface area contributed by atoms with Crippen LogP contribution >= 0.6 is 11.6 Å². The molecule has 1 saturated heterocycles. The highest BCUT2D eigenvalue weighted by molar-refractivity contribution is 6.30. The van der Waals surface area contributed by atoms with Gasteiger partial charge in [-0.15, -0.1) is 0 Å². The number of rotatable bonds is 4. The van der Waals surface area contributed by atoms with E-state index in [0.717, 1.165) is 37.5 Å². The van der Waals surface area contributed by atoms with Crippen LogP contribution in [0.25, 0.3) is 0 Å². The Balaban J connectivity index is 1.46. The van der Waals surface area contributed by atoms with E-state index in [2.05, 4.69) is 22.3 Å². The first-order valence-corrected chi connectivity index (χ1v) is 7.90. The molecule has 2 heterocycles. The molecule has 4 nitrogen and oxygen atoms in total. The predicted molar refractivity (Wildman–Crippen MR) is 85.9 cm³/mol. The summed E-state index contributed by atoms with van der Waals surface area (Å²) in [5.74, 6) is 0.254. The SMILES string of the molecule is O=C(NC1CCN(Cc2ccc(Cl)cc2)CC1)c1ccco1. The fraction of sp³-hybridized carbons (Fsp3) is 0.353.